The number of carbonyl (C=O) groups excluding carboxylic acids is 1. The number of benzene rings is 2. The predicted molar refractivity (Wildman–Crippen MR) is 156 cm³/mol. The Morgan fingerprint density at radius 3 is 1.79 bits per heavy atom. The highest BCUT2D eigenvalue weighted by atomic mass is 16.6. The standard InChI is InChI=1S/C33H50N2O3/c1-31(2,3)38-30(36)35-20-18-29(19-21-35)37-26-33(6,7)24-32(4,5)25-34(22-27-14-10-8-11-15-27)23-28-16-12-9-13-17-28/h8-17,29H,18-26H2,1-7H3. The summed E-state index contributed by atoms with van der Waals surface area (Å²) < 4.78 is 12.0. The van der Waals surface area contributed by atoms with Crippen molar-refractivity contribution < 1.29 is 14.3 Å². The normalized spacial score (nSPS) is 15.6. The average Bonchev–Trinajstić information content (AvgIpc) is 2.82. The van der Waals surface area contributed by atoms with Gasteiger partial charge >= 0.3 is 6.09 Å². The van der Waals surface area contributed by atoms with Crippen LogP contribution in [0.15, 0.2) is 60.7 Å². The molecule has 1 fully saturated rings. The predicted octanol–water partition coefficient (Wildman–Crippen LogP) is 7.55. The minimum atomic E-state index is -0.459. The van der Waals surface area contributed by atoms with Crippen LogP contribution in [0.2, 0.25) is 0 Å². The third-order valence-corrected chi connectivity index (χ3v) is 6.91. The second-order valence-corrected chi connectivity index (χ2v) is 13.6. The lowest BCUT2D eigenvalue weighted by molar-refractivity contribution is -0.0447. The van der Waals surface area contributed by atoms with E-state index in [-0.39, 0.29) is 23.0 Å². The second-order valence-electron chi connectivity index (χ2n) is 13.6. The van der Waals surface area contributed by atoms with E-state index in [1.807, 2.05) is 25.7 Å². The zero-order valence-corrected chi connectivity index (χ0v) is 24.8. The third-order valence-electron chi connectivity index (χ3n) is 6.91. The summed E-state index contributed by atoms with van der Waals surface area (Å²) in [5.74, 6) is 0. The third kappa shape index (κ3) is 10.8. The van der Waals surface area contributed by atoms with Gasteiger partial charge in [0, 0.05) is 32.7 Å². The van der Waals surface area contributed by atoms with Gasteiger partial charge in [0.2, 0.25) is 0 Å². The molecule has 0 aromatic heterocycles. The lowest BCUT2D eigenvalue weighted by atomic mass is 9.75. The van der Waals surface area contributed by atoms with E-state index in [0.29, 0.717) is 13.1 Å². The van der Waals surface area contributed by atoms with E-state index in [4.69, 9.17) is 9.47 Å². The molecule has 1 aliphatic heterocycles. The molecule has 210 valence electrons. The van der Waals surface area contributed by atoms with Crippen molar-refractivity contribution in [2.45, 2.75) is 92.5 Å². The average molecular weight is 523 g/mol. The van der Waals surface area contributed by atoms with Crippen molar-refractivity contribution in [2.24, 2.45) is 10.8 Å². The maximum absolute atomic E-state index is 12.4. The lowest BCUT2D eigenvalue weighted by Gasteiger charge is -2.40. The van der Waals surface area contributed by atoms with E-state index in [2.05, 4.69) is 93.3 Å². The second kappa shape index (κ2) is 13.1. The molecule has 2 aromatic carbocycles. The van der Waals surface area contributed by atoms with Crippen LogP contribution < -0.4 is 0 Å². The first-order valence-corrected chi connectivity index (χ1v) is 14.2. The summed E-state index contributed by atoms with van der Waals surface area (Å²) in [5.41, 5.74) is 2.41. The molecular weight excluding hydrogens is 472 g/mol. The molecular formula is C33H50N2O3. The summed E-state index contributed by atoms with van der Waals surface area (Å²) in [4.78, 5) is 16.8. The molecule has 38 heavy (non-hydrogen) atoms. The van der Waals surface area contributed by atoms with Gasteiger partial charge in [-0.15, -0.1) is 0 Å². The summed E-state index contributed by atoms with van der Waals surface area (Å²) in [6.07, 6.45) is 2.77. The molecule has 0 aliphatic carbocycles. The van der Waals surface area contributed by atoms with Crippen LogP contribution in [0.25, 0.3) is 0 Å². The van der Waals surface area contributed by atoms with Gasteiger partial charge in [-0.05, 0) is 62.0 Å². The monoisotopic (exact) mass is 522 g/mol. The molecule has 1 saturated heterocycles. The SMILES string of the molecule is CC(C)(COC1CCN(C(=O)OC(C)(C)C)CC1)CC(C)(C)CN(Cc1ccccc1)Cc1ccccc1. The molecule has 3 rings (SSSR count). The van der Waals surface area contributed by atoms with Crippen LogP contribution in [-0.4, -0.2) is 53.8 Å². The van der Waals surface area contributed by atoms with Gasteiger partial charge in [-0.2, -0.15) is 0 Å². The number of carbonyl (C=O) groups is 1. The van der Waals surface area contributed by atoms with Crippen LogP contribution in [0.1, 0.15) is 78.9 Å². The Morgan fingerprint density at radius 1 is 0.816 bits per heavy atom. The van der Waals surface area contributed by atoms with Crippen LogP contribution >= 0.6 is 0 Å². The fourth-order valence-electron chi connectivity index (χ4n) is 5.73. The van der Waals surface area contributed by atoms with E-state index >= 15 is 0 Å². The molecule has 1 aliphatic rings. The van der Waals surface area contributed by atoms with Crippen molar-refractivity contribution in [1.82, 2.24) is 9.80 Å². The maximum atomic E-state index is 12.4. The highest BCUT2D eigenvalue weighted by molar-refractivity contribution is 5.68. The minimum absolute atomic E-state index is 0.0525. The molecule has 0 bridgehead atoms. The molecule has 0 atom stereocenters. The van der Waals surface area contributed by atoms with Gasteiger partial charge in [-0.3, -0.25) is 4.90 Å². The number of rotatable bonds is 11. The Labute approximate surface area is 231 Å². The van der Waals surface area contributed by atoms with E-state index in [1.165, 1.54) is 11.1 Å². The van der Waals surface area contributed by atoms with Gasteiger partial charge in [0.1, 0.15) is 5.60 Å². The molecule has 5 nitrogen and oxygen atoms in total. The van der Waals surface area contributed by atoms with Crippen molar-refractivity contribution in [1.29, 1.82) is 0 Å². The lowest BCUT2D eigenvalue weighted by Crippen LogP contribution is -2.44. The Kier molecular flexibility index (Phi) is 10.4. The minimum Gasteiger partial charge on any atom is -0.444 e. The number of likely N-dealkylation sites (tertiary alicyclic amines) is 1. The van der Waals surface area contributed by atoms with E-state index in [1.54, 1.807) is 0 Å². The molecule has 0 spiro atoms. The first-order chi connectivity index (χ1) is 17.8. The van der Waals surface area contributed by atoms with Gasteiger partial charge in [0.15, 0.2) is 0 Å². The number of hydrogen-bond donors (Lipinski definition) is 0. The number of nitrogens with zero attached hydrogens (tertiary/aromatic N) is 2. The zero-order valence-electron chi connectivity index (χ0n) is 24.8. The van der Waals surface area contributed by atoms with Crippen molar-refractivity contribution in [2.75, 3.05) is 26.2 Å². The van der Waals surface area contributed by atoms with Gasteiger partial charge < -0.3 is 14.4 Å². The van der Waals surface area contributed by atoms with Crippen molar-refractivity contribution in [3.8, 4) is 0 Å². The molecule has 0 unspecified atom stereocenters. The quantitative estimate of drug-likeness (QED) is 0.306. The van der Waals surface area contributed by atoms with Crippen LogP contribution in [-0.2, 0) is 22.6 Å². The van der Waals surface area contributed by atoms with Gasteiger partial charge in [0.05, 0.1) is 12.7 Å². The summed E-state index contributed by atoms with van der Waals surface area (Å²) in [7, 11) is 0. The summed E-state index contributed by atoms with van der Waals surface area (Å²) in [6.45, 7) is 20.1. The molecule has 0 saturated carbocycles. The van der Waals surface area contributed by atoms with Crippen molar-refractivity contribution in [3.63, 3.8) is 0 Å². The summed E-state index contributed by atoms with van der Waals surface area (Å²) in [5, 5.41) is 0. The summed E-state index contributed by atoms with van der Waals surface area (Å²) in [6, 6.07) is 21.5. The molecule has 0 N–H and O–H groups in total. The topological polar surface area (TPSA) is 42.0 Å². The van der Waals surface area contributed by atoms with Crippen LogP contribution in [0, 0.1) is 10.8 Å². The number of hydrogen-bond acceptors (Lipinski definition) is 4. The Morgan fingerprint density at radius 2 is 1.32 bits per heavy atom. The Bertz CT molecular complexity index is 933. The van der Waals surface area contributed by atoms with Crippen LogP contribution in [0.5, 0.6) is 0 Å². The van der Waals surface area contributed by atoms with Crippen LogP contribution in [0.3, 0.4) is 0 Å². The van der Waals surface area contributed by atoms with Gasteiger partial charge in [-0.1, -0.05) is 88.4 Å². The molecule has 2 aromatic rings. The number of ether oxygens (including phenoxy) is 2. The smallest absolute Gasteiger partial charge is 0.410 e. The fourth-order valence-corrected chi connectivity index (χ4v) is 5.73. The maximum Gasteiger partial charge on any atom is 0.410 e. The first kappa shape index (κ1) is 30.2. The van der Waals surface area contributed by atoms with E-state index in [0.717, 1.165) is 45.5 Å². The zero-order chi connectivity index (χ0) is 27.8. The van der Waals surface area contributed by atoms with Crippen molar-refractivity contribution >= 4 is 6.09 Å². The molecule has 1 heterocycles. The number of piperidine rings is 1. The first-order valence-electron chi connectivity index (χ1n) is 14.2. The highest BCUT2D eigenvalue weighted by Gasteiger charge is 2.33. The van der Waals surface area contributed by atoms with E-state index in [9.17, 15) is 4.79 Å². The van der Waals surface area contributed by atoms with Crippen molar-refractivity contribution in [3.05, 3.63) is 71.8 Å². The summed E-state index contributed by atoms with van der Waals surface area (Å²) >= 11 is 0. The Balaban J connectivity index is 1.52. The van der Waals surface area contributed by atoms with Gasteiger partial charge in [-0.25, -0.2) is 4.79 Å². The Hall–Kier alpha value is -2.37. The van der Waals surface area contributed by atoms with E-state index < -0.39 is 5.60 Å². The molecule has 5 heteroatoms. The largest absolute Gasteiger partial charge is 0.444 e. The molecule has 1 amide bonds. The van der Waals surface area contributed by atoms with Crippen LogP contribution in [0.4, 0.5) is 4.79 Å². The fraction of sp³-hybridized carbons (Fsp3) is 0.606. The van der Waals surface area contributed by atoms with Gasteiger partial charge in [0.25, 0.3) is 0 Å². The number of amides is 1. The highest BCUT2D eigenvalue weighted by Crippen LogP contribution is 2.36. The molecule has 0 radical (unpaired) electrons.